The Morgan fingerprint density at radius 2 is 1.92 bits per heavy atom. The molecule has 0 aliphatic rings. The molecule has 0 spiro atoms. The van der Waals surface area contributed by atoms with Gasteiger partial charge in [-0.15, -0.1) is 0 Å². The minimum absolute atomic E-state index is 0.945. The first-order valence-electron chi connectivity index (χ1n) is 3.83. The predicted molar refractivity (Wildman–Crippen MR) is 51.8 cm³/mol. The van der Waals surface area contributed by atoms with Crippen LogP contribution < -0.4 is 0 Å². The summed E-state index contributed by atoms with van der Waals surface area (Å²) in [6.07, 6.45) is 6.80. The Morgan fingerprint density at radius 1 is 1.31 bits per heavy atom. The van der Waals surface area contributed by atoms with Crippen LogP contribution in [0.1, 0.15) is 13.3 Å². The van der Waals surface area contributed by atoms with E-state index in [0.717, 1.165) is 12.5 Å². The van der Waals surface area contributed by atoms with E-state index in [4.69, 9.17) is 5.11 Å². The van der Waals surface area contributed by atoms with Gasteiger partial charge in [-0.05, 0) is 30.4 Å². The molecule has 0 unspecified atom stereocenters. The summed E-state index contributed by atoms with van der Waals surface area (Å²) < 4.78 is 0. The van der Waals surface area contributed by atoms with Crippen molar-refractivity contribution in [2.24, 2.45) is 0 Å². The van der Waals surface area contributed by atoms with Crippen LogP contribution in [0, 0.1) is 23.7 Å². The predicted octanol–water partition coefficient (Wildman–Crippen LogP) is 1.60. The molecule has 0 aliphatic heterocycles. The largest absolute Gasteiger partial charge is 0.478 e. The Balaban J connectivity index is 3.90. The maximum absolute atomic E-state index is 9.97. The number of allylic oxidation sites excluding steroid dienone is 3. The Labute approximate surface area is 78.0 Å². The van der Waals surface area contributed by atoms with Crippen LogP contribution in [0.2, 0.25) is 0 Å². The number of hydrogen-bond donors (Lipinski definition) is 1. The van der Waals surface area contributed by atoms with Crippen LogP contribution >= 0.6 is 0 Å². The van der Waals surface area contributed by atoms with Crippen molar-refractivity contribution in [3.63, 3.8) is 0 Å². The van der Waals surface area contributed by atoms with E-state index in [9.17, 15) is 4.79 Å². The molecule has 0 aromatic heterocycles. The smallest absolute Gasteiger partial charge is 0.328 e. The molecule has 0 bridgehead atoms. The Hall–Kier alpha value is -1.93. The van der Waals surface area contributed by atoms with Crippen molar-refractivity contribution in [3.8, 4) is 23.7 Å². The third-order valence-corrected chi connectivity index (χ3v) is 0.953. The fourth-order valence-electron chi connectivity index (χ4n) is 0.445. The first kappa shape index (κ1) is 11.1. The van der Waals surface area contributed by atoms with Gasteiger partial charge in [-0.1, -0.05) is 24.8 Å². The highest BCUT2D eigenvalue weighted by molar-refractivity contribution is 5.80. The number of rotatable bonds is 2. The second-order valence-electron chi connectivity index (χ2n) is 2.02. The SMILES string of the molecule is CC/C=C/C#CC#C/C=C/C(=O)O. The molecule has 0 aromatic carbocycles. The maximum atomic E-state index is 9.97. The number of aliphatic carboxylic acids is 1. The number of carbonyl (C=O) groups is 1. The lowest BCUT2D eigenvalue weighted by molar-refractivity contribution is -0.131. The summed E-state index contributed by atoms with van der Waals surface area (Å²) in [7, 11) is 0. The van der Waals surface area contributed by atoms with Crippen molar-refractivity contribution < 1.29 is 9.90 Å². The van der Waals surface area contributed by atoms with Gasteiger partial charge in [0.05, 0.1) is 0 Å². The second kappa shape index (κ2) is 8.17. The molecule has 2 nitrogen and oxygen atoms in total. The van der Waals surface area contributed by atoms with Crippen molar-refractivity contribution in [2.75, 3.05) is 0 Å². The number of carboxylic acids is 1. The van der Waals surface area contributed by atoms with Crippen LogP contribution in [-0.4, -0.2) is 11.1 Å². The topological polar surface area (TPSA) is 37.3 Å². The van der Waals surface area contributed by atoms with Crippen molar-refractivity contribution >= 4 is 5.97 Å². The van der Waals surface area contributed by atoms with E-state index in [1.807, 2.05) is 13.0 Å². The molecule has 0 saturated heterocycles. The van der Waals surface area contributed by atoms with E-state index in [1.54, 1.807) is 6.08 Å². The average molecular weight is 174 g/mol. The summed E-state index contributed by atoms with van der Waals surface area (Å²) in [6, 6.07) is 0. The monoisotopic (exact) mass is 174 g/mol. The van der Waals surface area contributed by atoms with Gasteiger partial charge in [-0.25, -0.2) is 4.79 Å². The molecule has 1 N–H and O–H groups in total. The van der Waals surface area contributed by atoms with E-state index in [1.165, 1.54) is 6.08 Å². The fraction of sp³-hybridized carbons (Fsp3) is 0.182. The standard InChI is InChI=1S/C11H10O2/c1-2-3-4-5-6-7-8-9-10-11(12)13/h3-4,9-10H,2H2,1H3,(H,12,13)/b4-3+,10-9+. The van der Waals surface area contributed by atoms with Crippen LogP contribution in [0.4, 0.5) is 0 Å². The molecule has 2 heteroatoms. The van der Waals surface area contributed by atoms with Gasteiger partial charge in [0.25, 0.3) is 0 Å². The van der Waals surface area contributed by atoms with Gasteiger partial charge in [0.2, 0.25) is 0 Å². The van der Waals surface area contributed by atoms with Crippen molar-refractivity contribution in [2.45, 2.75) is 13.3 Å². The first-order valence-corrected chi connectivity index (χ1v) is 3.83. The minimum atomic E-state index is -1.01. The van der Waals surface area contributed by atoms with Crippen LogP contribution in [0.25, 0.3) is 0 Å². The zero-order chi connectivity index (χ0) is 9.94. The number of hydrogen-bond acceptors (Lipinski definition) is 1. The quantitative estimate of drug-likeness (QED) is 0.510. The van der Waals surface area contributed by atoms with Crippen molar-refractivity contribution in [1.82, 2.24) is 0 Å². The molecule has 0 aliphatic carbocycles. The minimum Gasteiger partial charge on any atom is -0.478 e. The zero-order valence-electron chi connectivity index (χ0n) is 7.37. The Kier molecular flexibility index (Phi) is 6.96. The van der Waals surface area contributed by atoms with Crippen LogP contribution in [0.15, 0.2) is 24.3 Å². The van der Waals surface area contributed by atoms with Gasteiger partial charge >= 0.3 is 5.97 Å². The lowest BCUT2D eigenvalue weighted by Gasteiger charge is -1.70. The molecule has 0 heterocycles. The summed E-state index contributed by atoms with van der Waals surface area (Å²) in [5.41, 5.74) is 0. The van der Waals surface area contributed by atoms with E-state index < -0.39 is 5.97 Å². The van der Waals surface area contributed by atoms with Gasteiger partial charge in [0, 0.05) is 6.08 Å². The summed E-state index contributed by atoms with van der Waals surface area (Å²) >= 11 is 0. The highest BCUT2D eigenvalue weighted by Gasteiger charge is 1.78. The molecule has 0 fully saturated rings. The van der Waals surface area contributed by atoms with Crippen LogP contribution in [0.5, 0.6) is 0 Å². The van der Waals surface area contributed by atoms with Gasteiger partial charge < -0.3 is 5.11 Å². The molecular weight excluding hydrogens is 164 g/mol. The average Bonchev–Trinajstić information content (AvgIpc) is 2.09. The molecule has 0 rings (SSSR count). The molecule has 0 saturated carbocycles. The van der Waals surface area contributed by atoms with Crippen LogP contribution in [-0.2, 0) is 4.79 Å². The van der Waals surface area contributed by atoms with Gasteiger partial charge in [-0.3, -0.25) is 0 Å². The second-order valence-corrected chi connectivity index (χ2v) is 2.02. The van der Waals surface area contributed by atoms with Crippen LogP contribution in [0.3, 0.4) is 0 Å². The molecule has 66 valence electrons. The summed E-state index contributed by atoms with van der Waals surface area (Å²) in [4.78, 5) is 9.97. The third-order valence-electron chi connectivity index (χ3n) is 0.953. The van der Waals surface area contributed by atoms with E-state index in [2.05, 4.69) is 23.7 Å². The van der Waals surface area contributed by atoms with Crippen molar-refractivity contribution in [3.05, 3.63) is 24.3 Å². The van der Waals surface area contributed by atoms with E-state index in [0.29, 0.717) is 0 Å². The first-order chi connectivity index (χ1) is 6.27. The summed E-state index contributed by atoms with van der Waals surface area (Å²) in [6.45, 7) is 2.01. The highest BCUT2D eigenvalue weighted by Crippen LogP contribution is 1.75. The molecule has 13 heavy (non-hydrogen) atoms. The lowest BCUT2D eigenvalue weighted by atomic mass is 10.4. The Bertz CT molecular complexity index is 327. The molecule has 0 radical (unpaired) electrons. The fourth-order valence-corrected chi connectivity index (χ4v) is 0.445. The normalized spacial score (nSPS) is 9.00. The van der Waals surface area contributed by atoms with Crippen molar-refractivity contribution in [1.29, 1.82) is 0 Å². The van der Waals surface area contributed by atoms with E-state index >= 15 is 0 Å². The molecule has 0 aromatic rings. The van der Waals surface area contributed by atoms with Gasteiger partial charge in [0.1, 0.15) is 0 Å². The van der Waals surface area contributed by atoms with Gasteiger partial charge in [0.15, 0.2) is 0 Å². The molecule has 0 atom stereocenters. The Morgan fingerprint density at radius 3 is 2.46 bits per heavy atom. The highest BCUT2D eigenvalue weighted by atomic mass is 16.4. The maximum Gasteiger partial charge on any atom is 0.328 e. The number of carboxylic acid groups (broad SMARTS) is 1. The lowest BCUT2D eigenvalue weighted by Crippen LogP contribution is -1.84. The summed E-state index contributed by atoms with van der Waals surface area (Å²) in [5.74, 6) is 9.20. The third kappa shape index (κ3) is 10.1. The zero-order valence-corrected chi connectivity index (χ0v) is 7.37. The van der Waals surface area contributed by atoms with Gasteiger partial charge in [-0.2, -0.15) is 0 Å². The molecular formula is C11H10O2. The van der Waals surface area contributed by atoms with E-state index in [-0.39, 0.29) is 0 Å². The molecule has 0 amide bonds. The summed E-state index contributed by atoms with van der Waals surface area (Å²) in [5, 5.41) is 8.18.